The fourth-order valence-electron chi connectivity index (χ4n) is 1.87. The summed E-state index contributed by atoms with van der Waals surface area (Å²) in [5, 5.41) is 2.55. The Kier molecular flexibility index (Phi) is 4.71. The molecule has 2 aromatic rings. The highest BCUT2D eigenvalue weighted by molar-refractivity contribution is 5.90. The molecule has 0 heterocycles. The van der Waals surface area contributed by atoms with Gasteiger partial charge in [0.15, 0.2) is 0 Å². The maximum atomic E-state index is 3.83. The predicted molar refractivity (Wildman–Crippen MR) is 80.2 cm³/mol. The van der Waals surface area contributed by atoms with Gasteiger partial charge < -0.3 is 0 Å². The van der Waals surface area contributed by atoms with Crippen molar-refractivity contribution in [3.63, 3.8) is 0 Å². The maximum Gasteiger partial charge on any atom is -0.0148 e. The van der Waals surface area contributed by atoms with Crippen molar-refractivity contribution in [2.24, 2.45) is 0 Å². The van der Waals surface area contributed by atoms with E-state index >= 15 is 0 Å². The zero-order chi connectivity index (χ0) is 12.8. The quantitative estimate of drug-likeness (QED) is 0.635. The molecule has 0 amide bonds. The summed E-state index contributed by atoms with van der Waals surface area (Å²) < 4.78 is 0. The van der Waals surface area contributed by atoms with Gasteiger partial charge in [-0.2, -0.15) is 0 Å². The third-order valence-electron chi connectivity index (χ3n) is 2.74. The Morgan fingerprint density at radius 1 is 0.941 bits per heavy atom. The van der Waals surface area contributed by atoms with Crippen LogP contribution in [-0.2, 0) is 0 Å². The molecule has 0 saturated carbocycles. The molecule has 0 atom stereocenters. The maximum absolute atomic E-state index is 3.83. The summed E-state index contributed by atoms with van der Waals surface area (Å²) in [6.45, 7) is 13.8. The molecule has 0 radical (unpaired) electrons. The lowest BCUT2D eigenvalue weighted by Crippen LogP contribution is -1.84. The van der Waals surface area contributed by atoms with Gasteiger partial charge in [0, 0.05) is 0 Å². The smallest absolute Gasteiger partial charge is 0.0148 e. The molecule has 2 rings (SSSR count). The molecule has 17 heavy (non-hydrogen) atoms. The van der Waals surface area contributed by atoms with E-state index < -0.39 is 0 Å². The monoisotopic (exact) mass is 224 g/mol. The van der Waals surface area contributed by atoms with Crippen molar-refractivity contribution < 1.29 is 0 Å². The van der Waals surface area contributed by atoms with E-state index in [1.165, 1.54) is 16.3 Å². The van der Waals surface area contributed by atoms with Crippen LogP contribution in [-0.4, -0.2) is 0 Å². The van der Waals surface area contributed by atoms with Crippen LogP contribution in [0, 0.1) is 6.92 Å². The van der Waals surface area contributed by atoms with Gasteiger partial charge in [-0.15, -0.1) is 0 Å². The fourth-order valence-corrected chi connectivity index (χ4v) is 1.87. The van der Waals surface area contributed by atoms with Crippen LogP contribution in [0.2, 0.25) is 0 Å². The van der Waals surface area contributed by atoms with Crippen LogP contribution in [0.1, 0.15) is 30.5 Å². The zero-order valence-electron chi connectivity index (χ0n) is 11.0. The second-order valence-corrected chi connectivity index (χ2v) is 3.69. The first-order chi connectivity index (χ1) is 8.26. The van der Waals surface area contributed by atoms with E-state index in [1.54, 1.807) is 0 Å². The second-order valence-electron chi connectivity index (χ2n) is 3.69. The molecular formula is C17H20. The Labute approximate surface area is 104 Å². The number of hydrogen-bond donors (Lipinski definition) is 0. The molecule has 0 spiro atoms. The van der Waals surface area contributed by atoms with Crippen LogP contribution in [0.25, 0.3) is 22.9 Å². The molecule has 0 aliphatic heterocycles. The van der Waals surface area contributed by atoms with E-state index in [-0.39, 0.29) is 0 Å². The molecule has 0 aliphatic carbocycles. The molecule has 88 valence electrons. The van der Waals surface area contributed by atoms with Crippen LogP contribution in [0.4, 0.5) is 0 Å². The lowest BCUT2D eigenvalue weighted by molar-refractivity contribution is 1.50. The molecule has 2 aromatic carbocycles. The summed E-state index contributed by atoms with van der Waals surface area (Å²) in [4.78, 5) is 0. The van der Waals surface area contributed by atoms with Gasteiger partial charge in [-0.3, -0.25) is 0 Å². The highest BCUT2D eigenvalue weighted by atomic mass is 14.1. The van der Waals surface area contributed by atoms with Crippen LogP contribution in [0.5, 0.6) is 0 Å². The van der Waals surface area contributed by atoms with E-state index in [9.17, 15) is 0 Å². The summed E-state index contributed by atoms with van der Waals surface area (Å²) in [6, 6.07) is 10.7. The van der Waals surface area contributed by atoms with Crippen LogP contribution in [0.3, 0.4) is 0 Å². The summed E-state index contributed by atoms with van der Waals surface area (Å²) in [5.41, 5.74) is 3.58. The number of hydrogen-bond acceptors (Lipinski definition) is 0. The summed E-state index contributed by atoms with van der Waals surface area (Å²) >= 11 is 0. The lowest BCUT2D eigenvalue weighted by Gasteiger charge is -2.06. The van der Waals surface area contributed by atoms with Crippen molar-refractivity contribution in [2.45, 2.75) is 20.8 Å². The minimum Gasteiger partial charge on any atom is -0.0984 e. The van der Waals surface area contributed by atoms with Crippen molar-refractivity contribution in [3.05, 3.63) is 60.2 Å². The number of rotatable bonds is 2. The highest BCUT2D eigenvalue weighted by Gasteiger charge is 2.01. The summed E-state index contributed by atoms with van der Waals surface area (Å²) in [5.74, 6) is 0. The third-order valence-corrected chi connectivity index (χ3v) is 2.74. The first-order valence-electron chi connectivity index (χ1n) is 6.04. The predicted octanol–water partition coefficient (Wildman–Crippen LogP) is 5.46. The van der Waals surface area contributed by atoms with Crippen molar-refractivity contribution in [1.29, 1.82) is 0 Å². The Hall–Kier alpha value is -1.82. The summed E-state index contributed by atoms with van der Waals surface area (Å²) in [7, 11) is 0. The molecule has 0 saturated heterocycles. The first kappa shape index (κ1) is 13.2. The van der Waals surface area contributed by atoms with Gasteiger partial charge in [-0.25, -0.2) is 0 Å². The van der Waals surface area contributed by atoms with Crippen LogP contribution >= 0.6 is 0 Å². The number of aryl methyl sites for hydroxylation is 1. The van der Waals surface area contributed by atoms with Gasteiger partial charge in [-0.1, -0.05) is 57.4 Å². The number of benzene rings is 2. The van der Waals surface area contributed by atoms with Gasteiger partial charge >= 0.3 is 0 Å². The average Bonchev–Trinajstić information content (AvgIpc) is 2.40. The molecule has 0 aromatic heterocycles. The Morgan fingerprint density at radius 3 is 2.12 bits per heavy atom. The molecule has 0 unspecified atom stereocenters. The van der Waals surface area contributed by atoms with Gasteiger partial charge in [0.2, 0.25) is 0 Å². The van der Waals surface area contributed by atoms with Gasteiger partial charge in [-0.05, 0) is 46.5 Å². The van der Waals surface area contributed by atoms with E-state index in [2.05, 4.69) is 50.4 Å². The van der Waals surface area contributed by atoms with E-state index in [0.717, 1.165) is 11.1 Å². The third kappa shape index (κ3) is 2.65. The van der Waals surface area contributed by atoms with Gasteiger partial charge in [0.1, 0.15) is 0 Å². The molecule has 0 nitrogen and oxygen atoms in total. The molecule has 0 aliphatic rings. The molecule has 0 heteroatoms. The Balaban J connectivity index is 0.000000686. The Morgan fingerprint density at radius 2 is 1.53 bits per heavy atom. The molecule has 0 N–H and O–H groups in total. The second kappa shape index (κ2) is 6.05. The molecular weight excluding hydrogens is 204 g/mol. The van der Waals surface area contributed by atoms with Crippen LogP contribution in [0.15, 0.2) is 43.5 Å². The van der Waals surface area contributed by atoms with E-state index in [0.29, 0.717) is 0 Å². The molecule has 0 bridgehead atoms. The van der Waals surface area contributed by atoms with Crippen molar-refractivity contribution in [3.8, 4) is 0 Å². The normalized spacial score (nSPS) is 9.35. The van der Waals surface area contributed by atoms with E-state index in [4.69, 9.17) is 0 Å². The average molecular weight is 224 g/mol. The Bertz CT molecular complexity index is 533. The number of fused-ring (bicyclic) bond motifs is 1. The largest absolute Gasteiger partial charge is 0.0984 e. The van der Waals surface area contributed by atoms with Gasteiger partial charge in [0.25, 0.3) is 0 Å². The minimum atomic E-state index is 1.14. The van der Waals surface area contributed by atoms with Crippen molar-refractivity contribution >= 4 is 22.9 Å². The fraction of sp³-hybridized carbons (Fsp3) is 0.176. The van der Waals surface area contributed by atoms with Crippen molar-refractivity contribution in [1.82, 2.24) is 0 Å². The van der Waals surface area contributed by atoms with Crippen molar-refractivity contribution in [2.75, 3.05) is 0 Å². The highest BCUT2D eigenvalue weighted by Crippen LogP contribution is 2.24. The SMILES string of the molecule is C=Cc1cc2cccc(C)c2cc1C=C.CC. The first-order valence-corrected chi connectivity index (χ1v) is 6.04. The lowest BCUT2D eigenvalue weighted by atomic mass is 9.98. The topological polar surface area (TPSA) is 0 Å². The summed E-state index contributed by atoms with van der Waals surface area (Å²) in [6.07, 6.45) is 3.75. The standard InChI is InChI=1S/C15H14.C2H6/c1-4-12-9-14-8-6-7-11(3)15(14)10-13(12)5-2;1-2/h4-10H,1-2H2,3H3;1-2H3. The van der Waals surface area contributed by atoms with Gasteiger partial charge in [0.05, 0.1) is 0 Å². The molecule has 0 fully saturated rings. The van der Waals surface area contributed by atoms with E-state index in [1.807, 2.05) is 26.0 Å². The van der Waals surface area contributed by atoms with Crippen LogP contribution < -0.4 is 0 Å². The minimum absolute atomic E-state index is 1.14. The zero-order valence-corrected chi connectivity index (χ0v) is 11.0.